The van der Waals surface area contributed by atoms with E-state index in [-0.39, 0.29) is 51.2 Å². The molecule has 8 N–H and O–H groups in total. The molecule has 3 aromatic carbocycles. The van der Waals surface area contributed by atoms with Gasteiger partial charge < -0.3 is 55.1 Å². The van der Waals surface area contributed by atoms with Crippen LogP contribution in [0.1, 0.15) is 5.56 Å². The average Bonchev–Trinajstić information content (AvgIpc) is 2.98. The maximum Gasteiger partial charge on any atom is 0.402 e. The van der Waals surface area contributed by atoms with E-state index in [0.29, 0.717) is 11.1 Å². The number of aromatic hydroxyl groups is 4. The third kappa shape index (κ3) is 6.30. The van der Waals surface area contributed by atoms with Gasteiger partial charge in [0, 0.05) is 18.2 Å². The first-order valence-corrected chi connectivity index (χ1v) is 12.9. The standard InChI is InChI=1S/C30H26O13/c31-13-24-26(37)27(38)28(39)30(43-24)42-22-11-17(33)10-21-18(22)12-23(29(41-21)15-3-5-16(32)6-4-15)40-25(36)8-2-14-1-7-19(34)20(35)9-14/h1-12,24,26-28,30-31,37-39H,13H2,(H3-,32,33,34,35,36)/p+1. The fourth-order valence-electron chi connectivity index (χ4n) is 4.40. The van der Waals surface area contributed by atoms with E-state index in [1.807, 2.05) is 0 Å². The number of ether oxygens (including phenoxy) is 3. The van der Waals surface area contributed by atoms with Crippen LogP contribution in [0.5, 0.6) is 34.5 Å². The van der Waals surface area contributed by atoms with Crippen LogP contribution in [-0.4, -0.2) is 84.1 Å². The molecular weight excluding hydrogens is 568 g/mol. The number of rotatable bonds is 7. The van der Waals surface area contributed by atoms with E-state index in [1.165, 1.54) is 60.7 Å². The lowest BCUT2D eigenvalue weighted by molar-refractivity contribution is -0.277. The Kier molecular flexibility index (Phi) is 8.34. The number of hydrogen-bond donors (Lipinski definition) is 8. The van der Waals surface area contributed by atoms with Crippen molar-refractivity contribution in [3.8, 4) is 45.8 Å². The summed E-state index contributed by atoms with van der Waals surface area (Å²) >= 11 is 0. The van der Waals surface area contributed by atoms with E-state index in [0.717, 1.165) is 12.1 Å². The normalized spacial score (nSPS) is 22.1. The second-order valence-electron chi connectivity index (χ2n) is 9.66. The van der Waals surface area contributed by atoms with Gasteiger partial charge in [0.1, 0.15) is 47.1 Å². The second kappa shape index (κ2) is 12.1. The number of hydrogen-bond acceptors (Lipinski definition) is 12. The SMILES string of the molecule is O=C(/C=C/c1ccc(O)c(O)c1)Oc1cc2c(OC3OC(CO)C(O)C(O)C3O)cc(O)cc2[o+]c1-c1ccc(O)cc1. The Morgan fingerprint density at radius 3 is 2.28 bits per heavy atom. The molecule has 43 heavy (non-hydrogen) atoms. The van der Waals surface area contributed by atoms with Gasteiger partial charge in [0.2, 0.25) is 12.0 Å². The molecule has 13 nitrogen and oxygen atoms in total. The summed E-state index contributed by atoms with van der Waals surface area (Å²) in [6.07, 6.45) is -5.52. The van der Waals surface area contributed by atoms with Crippen molar-refractivity contribution in [2.45, 2.75) is 30.7 Å². The highest BCUT2D eigenvalue weighted by Gasteiger charge is 2.45. The number of aliphatic hydroxyl groups excluding tert-OH is 4. The number of fused-ring (bicyclic) bond motifs is 1. The minimum absolute atomic E-state index is 0.0286. The molecule has 224 valence electrons. The van der Waals surface area contributed by atoms with E-state index >= 15 is 0 Å². The first-order chi connectivity index (χ1) is 20.5. The van der Waals surface area contributed by atoms with Gasteiger partial charge >= 0.3 is 17.3 Å². The highest BCUT2D eigenvalue weighted by Crippen LogP contribution is 2.41. The van der Waals surface area contributed by atoms with Gasteiger partial charge in [-0.25, -0.2) is 9.21 Å². The van der Waals surface area contributed by atoms with E-state index < -0.39 is 43.3 Å². The van der Waals surface area contributed by atoms with Crippen LogP contribution in [0.2, 0.25) is 0 Å². The monoisotopic (exact) mass is 595 g/mol. The molecule has 0 spiro atoms. The predicted octanol–water partition coefficient (Wildman–Crippen LogP) is 2.00. The molecule has 4 aromatic rings. The van der Waals surface area contributed by atoms with Gasteiger partial charge in [-0.2, -0.15) is 0 Å². The summed E-state index contributed by atoms with van der Waals surface area (Å²) in [4.78, 5) is 12.8. The number of phenols is 4. The molecule has 1 saturated heterocycles. The maximum atomic E-state index is 12.8. The summed E-state index contributed by atoms with van der Waals surface area (Å²) in [7, 11) is 0. The molecule has 0 radical (unpaired) electrons. The molecule has 5 atom stereocenters. The van der Waals surface area contributed by atoms with Crippen LogP contribution in [0.15, 0.2) is 71.2 Å². The summed E-state index contributed by atoms with van der Waals surface area (Å²) < 4.78 is 22.8. The van der Waals surface area contributed by atoms with Crippen molar-refractivity contribution in [2.24, 2.45) is 0 Å². The molecule has 0 amide bonds. The van der Waals surface area contributed by atoms with Crippen LogP contribution in [0.3, 0.4) is 0 Å². The quantitative estimate of drug-likeness (QED) is 0.0664. The molecule has 0 aliphatic carbocycles. The summed E-state index contributed by atoms with van der Waals surface area (Å²) in [5, 5.41) is 79.6. The molecule has 13 heteroatoms. The number of aliphatic hydroxyl groups is 4. The molecule has 0 saturated carbocycles. The zero-order valence-corrected chi connectivity index (χ0v) is 22.1. The molecule has 1 fully saturated rings. The zero-order valence-electron chi connectivity index (χ0n) is 22.1. The first kappa shape index (κ1) is 29.6. The van der Waals surface area contributed by atoms with E-state index in [9.17, 15) is 45.6 Å². The van der Waals surface area contributed by atoms with E-state index in [1.54, 1.807) is 0 Å². The average molecular weight is 596 g/mol. The maximum absolute atomic E-state index is 12.8. The van der Waals surface area contributed by atoms with Crippen LogP contribution < -0.4 is 9.47 Å². The van der Waals surface area contributed by atoms with Gasteiger partial charge in [-0.05, 0) is 48.0 Å². The van der Waals surface area contributed by atoms with Crippen molar-refractivity contribution in [1.82, 2.24) is 0 Å². The van der Waals surface area contributed by atoms with Gasteiger partial charge in [0.05, 0.1) is 18.2 Å². The summed E-state index contributed by atoms with van der Waals surface area (Å²) in [5.41, 5.74) is 0.812. The zero-order chi connectivity index (χ0) is 30.8. The highest BCUT2D eigenvalue weighted by atomic mass is 16.7. The lowest BCUT2D eigenvalue weighted by Crippen LogP contribution is -2.60. The van der Waals surface area contributed by atoms with Crippen molar-refractivity contribution < 1.29 is 64.3 Å². The van der Waals surface area contributed by atoms with Crippen LogP contribution >= 0.6 is 0 Å². The topological polar surface area (TPSA) is 218 Å². The van der Waals surface area contributed by atoms with E-state index in [2.05, 4.69) is 0 Å². The lowest BCUT2D eigenvalue weighted by atomic mass is 9.99. The molecule has 1 aliphatic rings. The van der Waals surface area contributed by atoms with Crippen LogP contribution in [0.25, 0.3) is 28.4 Å². The van der Waals surface area contributed by atoms with Crippen molar-refractivity contribution in [1.29, 1.82) is 0 Å². The van der Waals surface area contributed by atoms with Crippen molar-refractivity contribution >= 4 is 23.0 Å². The van der Waals surface area contributed by atoms with Crippen LogP contribution in [-0.2, 0) is 9.53 Å². The summed E-state index contributed by atoms with van der Waals surface area (Å²) in [6, 6.07) is 13.5. The van der Waals surface area contributed by atoms with Crippen LogP contribution in [0, 0.1) is 0 Å². The Labute approximate surface area is 242 Å². The number of carbonyl (C=O) groups excluding carboxylic acids is 1. The van der Waals surface area contributed by atoms with Crippen LogP contribution in [0.4, 0.5) is 0 Å². The van der Waals surface area contributed by atoms with Gasteiger partial charge in [-0.1, -0.05) is 6.07 Å². The van der Waals surface area contributed by atoms with Gasteiger partial charge in [-0.15, -0.1) is 0 Å². The molecule has 0 bridgehead atoms. The number of phenolic OH excluding ortho intramolecular Hbond substituents is 4. The largest absolute Gasteiger partial charge is 0.508 e. The Balaban J connectivity index is 1.54. The minimum Gasteiger partial charge on any atom is -0.508 e. The molecule has 5 unspecified atom stereocenters. The predicted molar refractivity (Wildman–Crippen MR) is 148 cm³/mol. The second-order valence-corrected chi connectivity index (χ2v) is 9.66. The third-order valence-electron chi connectivity index (χ3n) is 6.64. The van der Waals surface area contributed by atoms with Crippen molar-refractivity contribution in [2.75, 3.05) is 6.61 Å². The Morgan fingerprint density at radius 1 is 0.837 bits per heavy atom. The Morgan fingerprint density at radius 2 is 1.58 bits per heavy atom. The minimum atomic E-state index is -1.75. The highest BCUT2D eigenvalue weighted by molar-refractivity contribution is 5.93. The molecule has 2 heterocycles. The first-order valence-electron chi connectivity index (χ1n) is 12.9. The molecular formula is C30H27O13+. The summed E-state index contributed by atoms with van der Waals surface area (Å²) in [6.45, 7) is -0.686. The molecule has 5 rings (SSSR count). The number of esters is 1. The Hall–Kier alpha value is -4.92. The fourth-order valence-corrected chi connectivity index (χ4v) is 4.40. The molecule has 1 aromatic heterocycles. The summed E-state index contributed by atoms with van der Waals surface area (Å²) in [5.74, 6) is -2.15. The van der Waals surface area contributed by atoms with Gasteiger partial charge in [0.25, 0.3) is 0 Å². The third-order valence-corrected chi connectivity index (χ3v) is 6.64. The fraction of sp³-hybridized carbons (Fsp3) is 0.200. The van der Waals surface area contributed by atoms with Crippen molar-refractivity contribution in [3.63, 3.8) is 0 Å². The Bertz CT molecular complexity index is 1670. The molecule has 1 aliphatic heterocycles. The number of benzene rings is 3. The van der Waals surface area contributed by atoms with Gasteiger partial charge in [0.15, 0.2) is 11.5 Å². The van der Waals surface area contributed by atoms with Gasteiger partial charge in [-0.3, -0.25) is 0 Å². The number of carbonyl (C=O) groups is 1. The smallest absolute Gasteiger partial charge is 0.402 e. The lowest BCUT2D eigenvalue weighted by Gasteiger charge is -2.39. The van der Waals surface area contributed by atoms with E-state index in [4.69, 9.17) is 18.6 Å². The van der Waals surface area contributed by atoms with Crippen molar-refractivity contribution in [3.05, 3.63) is 72.3 Å².